The Balaban J connectivity index is 3.97. The molecular weight excluding hydrogens is 178 g/mol. The smallest absolute Gasteiger partial charge is 0.0746 e. The molecule has 0 aliphatic rings. The van der Waals surface area contributed by atoms with Gasteiger partial charge < -0.3 is 14.8 Å². The molecule has 0 spiro atoms. The second-order valence-electron chi connectivity index (χ2n) is 3.39. The summed E-state index contributed by atoms with van der Waals surface area (Å²) in [6.45, 7) is 8.77. The average molecular weight is 203 g/mol. The van der Waals surface area contributed by atoms with Crippen LogP contribution in [0.2, 0.25) is 0 Å². The minimum atomic E-state index is 0.270. The molecule has 0 aromatic heterocycles. The zero-order valence-electron chi connectivity index (χ0n) is 10.0. The summed E-state index contributed by atoms with van der Waals surface area (Å²) >= 11 is 0. The highest BCUT2D eigenvalue weighted by atomic mass is 16.5. The molecule has 0 aliphatic heterocycles. The second kappa shape index (κ2) is 9.44. The normalized spacial score (nSPS) is 15.4. The summed E-state index contributed by atoms with van der Waals surface area (Å²) in [4.78, 5) is 0. The van der Waals surface area contributed by atoms with Crippen molar-refractivity contribution in [3.63, 3.8) is 0 Å². The minimum absolute atomic E-state index is 0.270. The maximum absolute atomic E-state index is 5.46. The molecule has 2 unspecified atom stereocenters. The number of methoxy groups -OCH3 is 1. The predicted molar refractivity (Wildman–Crippen MR) is 59.7 cm³/mol. The molecule has 2 atom stereocenters. The van der Waals surface area contributed by atoms with Crippen LogP contribution in [0.1, 0.15) is 33.6 Å². The maximum atomic E-state index is 5.46. The van der Waals surface area contributed by atoms with Crippen molar-refractivity contribution in [1.29, 1.82) is 0 Å². The largest absolute Gasteiger partial charge is 0.380 e. The van der Waals surface area contributed by atoms with Gasteiger partial charge in [-0.3, -0.25) is 0 Å². The molecule has 3 nitrogen and oxygen atoms in total. The Labute approximate surface area is 88.2 Å². The molecule has 0 fully saturated rings. The Kier molecular flexibility index (Phi) is 9.35. The van der Waals surface area contributed by atoms with Crippen molar-refractivity contribution in [3.05, 3.63) is 0 Å². The summed E-state index contributed by atoms with van der Waals surface area (Å²) in [5.41, 5.74) is 0. The molecule has 0 rings (SSSR count). The summed E-state index contributed by atoms with van der Waals surface area (Å²) in [5.74, 6) is 0. The Morgan fingerprint density at radius 3 is 2.36 bits per heavy atom. The van der Waals surface area contributed by atoms with Crippen molar-refractivity contribution in [2.24, 2.45) is 0 Å². The summed E-state index contributed by atoms with van der Waals surface area (Å²) < 4.78 is 10.9. The van der Waals surface area contributed by atoms with Crippen LogP contribution in [0.15, 0.2) is 0 Å². The Morgan fingerprint density at radius 2 is 1.93 bits per heavy atom. The fraction of sp³-hybridized carbons (Fsp3) is 1.00. The molecule has 14 heavy (non-hydrogen) atoms. The van der Waals surface area contributed by atoms with E-state index in [1.54, 1.807) is 7.11 Å². The van der Waals surface area contributed by atoms with Crippen LogP contribution in [0.3, 0.4) is 0 Å². The van der Waals surface area contributed by atoms with Crippen LogP contribution < -0.4 is 5.32 Å². The van der Waals surface area contributed by atoms with E-state index >= 15 is 0 Å². The number of ether oxygens (including phenoxy) is 2. The lowest BCUT2D eigenvalue weighted by atomic mass is 10.1. The average Bonchev–Trinajstić information content (AvgIpc) is 2.21. The molecular formula is C11H25NO2. The van der Waals surface area contributed by atoms with Crippen LogP contribution in [-0.2, 0) is 9.47 Å². The lowest BCUT2D eigenvalue weighted by Crippen LogP contribution is -2.44. The lowest BCUT2D eigenvalue weighted by Gasteiger charge is -2.26. The number of hydrogen-bond donors (Lipinski definition) is 1. The molecule has 0 heterocycles. The zero-order valence-corrected chi connectivity index (χ0v) is 10.0. The Bertz CT molecular complexity index is 120. The molecule has 1 N–H and O–H groups in total. The molecule has 0 radical (unpaired) electrons. The fourth-order valence-electron chi connectivity index (χ4n) is 1.57. The third-order valence-corrected chi connectivity index (χ3v) is 2.29. The summed E-state index contributed by atoms with van der Waals surface area (Å²) in [5, 5.41) is 3.40. The summed E-state index contributed by atoms with van der Waals surface area (Å²) in [6.07, 6.45) is 2.50. The van der Waals surface area contributed by atoms with Gasteiger partial charge in [0.1, 0.15) is 0 Å². The molecule has 0 amide bonds. The SMILES string of the molecule is CCCC(OC)C(COCC)NCC. The van der Waals surface area contributed by atoms with E-state index < -0.39 is 0 Å². The van der Waals surface area contributed by atoms with Crippen LogP contribution in [0.4, 0.5) is 0 Å². The van der Waals surface area contributed by atoms with Crippen LogP contribution >= 0.6 is 0 Å². The van der Waals surface area contributed by atoms with E-state index in [0.29, 0.717) is 6.04 Å². The van der Waals surface area contributed by atoms with Gasteiger partial charge in [-0.1, -0.05) is 20.3 Å². The van der Waals surface area contributed by atoms with Gasteiger partial charge in [0, 0.05) is 13.7 Å². The quantitative estimate of drug-likeness (QED) is 0.620. The molecule has 0 aromatic carbocycles. The van der Waals surface area contributed by atoms with Gasteiger partial charge in [0.25, 0.3) is 0 Å². The van der Waals surface area contributed by atoms with E-state index in [1.165, 1.54) is 0 Å². The highest BCUT2D eigenvalue weighted by Gasteiger charge is 2.19. The van der Waals surface area contributed by atoms with Gasteiger partial charge in [0.15, 0.2) is 0 Å². The molecule has 0 saturated carbocycles. The van der Waals surface area contributed by atoms with Crippen LogP contribution in [-0.4, -0.2) is 39.0 Å². The van der Waals surface area contributed by atoms with Crippen molar-refractivity contribution >= 4 is 0 Å². The van der Waals surface area contributed by atoms with E-state index in [-0.39, 0.29) is 6.10 Å². The van der Waals surface area contributed by atoms with Gasteiger partial charge in [-0.05, 0) is 19.9 Å². The van der Waals surface area contributed by atoms with E-state index in [4.69, 9.17) is 9.47 Å². The van der Waals surface area contributed by atoms with Crippen molar-refractivity contribution in [2.75, 3.05) is 26.9 Å². The van der Waals surface area contributed by atoms with Crippen molar-refractivity contribution in [2.45, 2.75) is 45.8 Å². The number of nitrogens with one attached hydrogen (secondary N) is 1. The molecule has 3 heteroatoms. The van der Waals surface area contributed by atoms with E-state index in [1.807, 2.05) is 6.92 Å². The van der Waals surface area contributed by atoms with Gasteiger partial charge in [0.05, 0.1) is 18.8 Å². The van der Waals surface area contributed by atoms with E-state index in [2.05, 4.69) is 19.2 Å². The second-order valence-corrected chi connectivity index (χ2v) is 3.39. The van der Waals surface area contributed by atoms with Crippen LogP contribution in [0.5, 0.6) is 0 Å². The van der Waals surface area contributed by atoms with Gasteiger partial charge in [-0.15, -0.1) is 0 Å². The summed E-state index contributed by atoms with van der Waals surface area (Å²) in [7, 11) is 1.77. The first-order valence-electron chi connectivity index (χ1n) is 5.63. The lowest BCUT2D eigenvalue weighted by molar-refractivity contribution is 0.0199. The van der Waals surface area contributed by atoms with E-state index in [9.17, 15) is 0 Å². The first kappa shape index (κ1) is 13.9. The standard InChI is InChI=1S/C11H25NO2/c1-5-8-11(13-4)10(12-6-2)9-14-7-3/h10-12H,5-9H2,1-4H3. The fourth-order valence-corrected chi connectivity index (χ4v) is 1.57. The van der Waals surface area contributed by atoms with Gasteiger partial charge in [0.2, 0.25) is 0 Å². The predicted octanol–water partition coefficient (Wildman–Crippen LogP) is 1.82. The zero-order chi connectivity index (χ0) is 10.8. The summed E-state index contributed by atoms with van der Waals surface area (Å²) in [6, 6.07) is 0.324. The highest BCUT2D eigenvalue weighted by Crippen LogP contribution is 2.07. The molecule has 0 aliphatic carbocycles. The van der Waals surface area contributed by atoms with Gasteiger partial charge in [-0.2, -0.15) is 0 Å². The monoisotopic (exact) mass is 203 g/mol. The van der Waals surface area contributed by atoms with E-state index in [0.717, 1.165) is 32.6 Å². The van der Waals surface area contributed by atoms with Crippen molar-refractivity contribution in [1.82, 2.24) is 5.32 Å². The van der Waals surface area contributed by atoms with Crippen molar-refractivity contribution in [3.8, 4) is 0 Å². The van der Waals surface area contributed by atoms with Crippen molar-refractivity contribution < 1.29 is 9.47 Å². The minimum Gasteiger partial charge on any atom is -0.380 e. The third kappa shape index (κ3) is 5.58. The maximum Gasteiger partial charge on any atom is 0.0746 e. The first-order chi connectivity index (χ1) is 6.79. The third-order valence-electron chi connectivity index (χ3n) is 2.29. The molecule has 86 valence electrons. The van der Waals surface area contributed by atoms with Gasteiger partial charge in [-0.25, -0.2) is 0 Å². The van der Waals surface area contributed by atoms with Gasteiger partial charge >= 0.3 is 0 Å². The van der Waals surface area contributed by atoms with Crippen LogP contribution in [0.25, 0.3) is 0 Å². The van der Waals surface area contributed by atoms with Crippen LogP contribution in [0, 0.1) is 0 Å². The molecule has 0 bridgehead atoms. The Morgan fingerprint density at radius 1 is 1.21 bits per heavy atom. The number of rotatable bonds is 9. The number of likely N-dealkylation sites (N-methyl/N-ethyl adjacent to an activating group) is 1. The molecule has 0 saturated heterocycles. The topological polar surface area (TPSA) is 30.5 Å². The first-order valence-corrected chi connectivity index (χ1v) is 5.63. The number of hydrogen-bond acceptors (Lipinski definition) is 3. The Hall–Kier alpha value is -0.120. The molecule has 0 aromatic rings. The highest BCUT2D eigenvalue weighted by molar-refractivity contribution is 4.76.